The molecule has 3 nitrogen and oxygen atoms in total. The number of carbonyl (C=O) groups is 1. The zero-order valence-electron chi connectivity index (χ0n) is 13.3. The molecule has 3 rings (SSSR count). The molecular weight excluding hydrogens is 291 g/mol. The second kappa shape index (κ2) is 6.82. The Kier molecular flexibility index (Phi) is 4.60. The molecule has 1 atom stereocenters. The van der Waals surface area contributed by atoms with Crippen molar-refractivity contribution in [1.29, 1.82) is 0 Å². The Morgan fingerprint density at radius 2 is 1.96 bits per heavy atom. The summed E-state index contributed by atoms with van der Waals surface area (Å²) in [6.07, 6.45) is 2.12. The topological polar surface area (TPSA) is 32.3 Å². The maximum Gasteiger partial charge on any atom is 0.239 e. The summed E-state index contributed by atoms with van der Waals surface area (Å²) in [4.78, 5) is 14.4. The van der Waals surface area contributed by atoms with Gasteiger partial charge < -0.3 is 10.2 Å². The molecule has 0 aliphatic carbocycles. The fourth-order valence-electron chi connectivity index (χ4n) is 3.01. The molecule has 1 N–H and O–H groups in total. The average molecular weight is 312 g/mol. The second-order valence-corrected chi connectivity index (χ2v) is 6.05. The molecule has 2 aromatic rings. The van der Waals surface area contributed by atoms with Gasteiger partial charge in [0.1, 0.15) is 5.82 Å². The van der Waals surface area contributed by atoms with E-state index >= 15 is 0 Å². The van der Waals surface area contributed by atoms with Crippen molar-refractivity contribution in [3.05, 3.63) is 65.5 Å². The maximum atomic E-state index is 12.9. The van der Waals surface area contributed by atoms with E-state index in [9.17, 15) is 9.18 Å². The van der Waals surface area contributed by atoms with E-state index in [4.69, 9.17) is 0 Å². The Hall–Kier alpha value is -2.36. The zero-order chi connectivity index (χ0) is 16.2. The standard InChI is InChI=1S/C19H21FN2O/c1-14-6-9-16-4-2-3-5-18(16)22(14)13-19(23)21-12-15-7-10-17(20)11-8-15/h2-5,7-8,10-11,14H,6,9,12-13H2,1H3,(H,21,23)/t14-/m0/s1. The highest BCUT2D eigenvalue weighted by molar-refractivity contribution is 5.82. The Bertz CT molecular complexity index is 684. The maximum absolute atomic E-state index is 12.9. The van der Waals surface area contributed by atoms with Crippen LogP contribution in [0.4, 0.5) is 10.1 Å². The first kappa shape index (κ1) is 15.5. The summed E-state index contributed by atoms with van der Waals surface area (Å²) in [5, 5.41) is 2.91. The minimum absolute atomic E-state index is 0.0159. The van der Waals surface area contributed by atoms with Crippen LogP contribution in [0.25, 0.3) is 0 Å². The van der Waals surface area contributed by atoms with Gasteiger partial charge in [0.05, 0.1) is 6.54 Å². The Morgan fingerprint density at radius 1 is 1.22 bits per heavy atom. The monoisotopic (exact) mass is 312 g/mol. The van der Waals surface area contributed by atoms with Gasteiger partial charge in [-0.2, -0.15) is 0 Å². The van der Waals surface area contributed by atoms with Gasteiger partial charge in [-0.05, 0) is 49.1 Å². The summed E-state index contributed by atoms with van der Waals surface area (Å²) in [6.45, 7) is 2.92. The first-order chi connectivity index (χ1) is 11.1. The third kappa shape index (κ3) is 3.70. The van der Waals surface area contributed by atoms with Gasteiger partial charge >= 0.3 is 0 Å². The van der Waals surface area contributed by atoms with E-state index < -0.39 is 0 Å². The SMILES string of the molecule is C[C@H]1CCc2ccccc2N1CC(=O)NCc1ccc(F)cc1. The van der Waals surface area contributed by atoms with E-state index in [1.54, 1.807) is 12.1 Å². The van der Waals surface area contributed by atoms with Crippen molar-refractivity contribution in [1.82, 2.24) is 5.32 Å². The molecule has 4 heteroatoms. The third-order valence-corrected chi connectivity index (χ3v) is 4.38. The number of rotatable bonds is 4. The lowest BCUT2D eigenvalue weighted by Crippen LogP contribution is -2.44. The molecule has 0 radical (unpaired) electrons. The molecule has 0 aromatic heterocycles. The number of hydrogen-bond acceptors (Lipinski definition) is 2. The lowest BCUT2D eigenvalue weighted by Gasteiger charge is -2.36. The highest BCUT2D eigenvalue weighted by Gasteiger charge is 2.24. The molecular formula is C19H21FN2O. The molecule has 0 spiro atoms. The summed E-state index contributed by atoms with van der Waals surface area (Å²) in [7, 11) is 0. The van der Waals surface area contributed by atoms with E-state index in [1.165, 1.54) is 17.7 Å². The number of aryl methyl sites for hydroxylation is 1. The minimum Gasteiger partial charge on any atom is -0.359 e. The predicted molar refractivity (Wildman–Crippen MR) is 89.8 cm³/mol. The van der Waals surface area contributed by atoms with Gasteiger partial charge in [0.25, 0.3) is 0 Å². The predicted octanol–water partition coefficient (Wildman–Crippen LogP) is 3.28. The normalized spacial score (nSPS) is 16.8. The number of nitrogens with one attached hydrogen (secondary N) is 1. The summed E-state index contributed by atoms with van der Waals surface area (Å²) in [5.74, 6) is -0.281. The number of halogens is 1. The van der Waals surface area contributed by atoms with Crippen molar-refractivity contribution < 1.29 is 9.18 Å². The highest BCUT2D eigenvalue weighted by atomic mass is 19.1. The van der Waals surface area contributed by atoms with Crippen LogP contribution >= 0.6 is 0 Å². The van der Waals surface area contributed by atoms with Gasteiger partial charge in [-0.25, -0.2) is 4.39 Å². The number of anilines is 1. The van der Waals surface area contributed by atoms with Crippen LogP contribution in [0.15, 0.2) is 48.5 Å². The number of carbonyl (C=O) groups excluding carboxylic acids is 1. The van der Waals surface area contributed by atoms with Gasteiger partial charge in [0.2, 0.25) is 5.91 Å². The summed E-state index contributed by atoms with van der Waals surface area (Å²) < 4.78 is 12.9. The van der Waals surface area contributed by atoms with Crippen LogP contribution in [-0.4, -0.2) is 18.5 Å². The molecule has 23 heavy (non-hydrogen) atoms. The zero-order valence-corrected chi connectivity index (χ0v) is 13.3. The molecule has 0 bridgehead atoms. The Morgan fingerprint density at radius 3 is 2.74 bits per heavy atom. The second-order valence-electron chi connectivity index (χ2n) is 6.05. The van der Waals surface area contributed by atoms with E-state index in [2.05, 4.69) is 29.3 Å². The van der Waals surface area contributed by atoms with Gasteiger partial charge in [0.15, 0.2) is 0 Å². The summed E-state index contributed by atoms with van der Waals surface area (Å²) in [5.41, 5.74) is 3.35. The van der Waals surface area contributed by atoms with Crippen LogP contribution in [0.2, 0.25) is 0 Å². The summed E-state index contributed by atoms with van der Waals surface area (Å²) >= 11 is 0. The quantitative estimate of drug-likeness (QED) is 0.939. The van der Waals surface area contributed by atoms with Crippen molar-refractivity contribution >= 4 is 11.6 Å². The van der Waals surface area contributed by atoms with E-state index in [-0.39, 0.29) is 11.7 Å². The van der Waals surface area contributed by atoms with Crippen molar-refractivity contribution in [2.45, 2.75) is 32.4 Å². The van der Waals surface area contributed by atoms with Crippen LogP contribution in [0.5, 0.6) is 0 Å². The molecule has 2 aromatic carbocycles. The molecule has 1 heterocycles. The third-order valence-electron chi connectivity index (χ3n) is 4.38. The van der Waals surface area contributed by atoms with Crippen LogP contribution in [0, 0.1) is 5.82 Å². The number of para-hydroxylation sites is 1. The number of benzene rings is 2. The smallest absolute Gasteiger partial charge is 0.239 e. The molecule has 0 saturated carbocycles. The highest BCUT2D eigenvalue weighted by Crippen LogP contribution is 2.29. The number of amides is 1. The van der Waals surface area contributed by atoms with Crippen LogP contribution in [0.1, 0.15) is 24.5 Å². The Labute approximate surface area is 136 Å². The van der Waals surface area contributed by atoms with E-state index in [0.29, 0.717) is 19.1 Å². The first-order valence-electron chi connectivity index (χ1n) is 7.99. The van der Waals surface area contributed by atoms with Gasteiger partial charge in [-0.15, -0.1) is 0 Å². The molecule has 120 valence electrons. The number of nitrogens with zero attached hydrogens (tertiary/aromatic N) is 1. The lowest BCUT2D eigenvalue weighted by atomic mass is 9.96. The summed E-state index contributed by atoms with van der Waals surface area (Å²) in [6, 6.07) is 14.8. The van der Waals surface area contributed by atoms with Crippen molar-refractivity contribution in [2.24, 2.45) is 0 Å². The van der Waals surface area contributed by atoms with Crippen LogP contribution < -0.4 is 10.2 Å². The number of hydrogen-bond donors (Lipinski definition) is 1. The lowest BCUT2D eigenvalue weighted by molar-refractivity contribution is -0.120. The molecule has 1 aliphatic heterocycles. The molecule has 1 amide bonds. The van der Waals surface area contributed by atoms with Gasteiger partial charge in [-0.1, -0.05) is 30.3 Å². The van der Waals surface area contributed by atoms with Crippen LogP contribution in [-0.2, 0) is 17.8 Å². The van der Waals surface area contributed by atoms with Crippen molar-refractivity contribution in [2.75, 3.05) is 11.4 Å². The molecule has 0 fully saturated rings. The molecule has 0 saturated heterocycles. The number of fused-ring (bicyclic) bond motifs is 1. The van der Waals surface area contributed by atoms with Crippen LogP contribution in [0.3, 0.4) is 0 Å². The fourth-order valence-corrected chi connectivity index (χ4v) is 3.01. The molecule has 1 aliphatic rings. The average Bonchev–Trinajstić information content (AvgIpc) is 2.57. The Balaban J connectivity index is 1.62. The largest absolute Gasteiger partial charge is 0.359 e. The minimum atomic E-state index is -0.265. The fraction of sp³-hybridized carbons (Fsp3) is 0.316. The van der Waals surface area contributed by atoms with Gasteiger partial charge in [0, 0.05) is 18.3 Å². The van der Waals surface area contributed by atoms with Crippen molar-refractivity contribution in [3.8, 4) is 0 Å². The molecule has 0 unspecified atom stereocenters. The van der Waals surface area contributed by atoms with E-state index in [0.717, 1.165) is 24.1 Å². The first-order valence-corrected chi connectivity index (χ1v) is 7.99. The van der Waals surface area contributed by atoms with Gasteiger partial charge in [-0.3, -0.25) is 4.79 Å². The van der Waals surface area contributed by atoms with Crippen molar-refractivity contribution in [3.63, 3.8) is 0 Å². The van der Waals surface area contributed by atoms with E-state index in [1.807, 2.05) is 12.1 Å².